The molecule has 6 heteroatoms. The Morgan fingerprint density at radius 2 is 1.85 bits per heavy atom. The average molecular weight is 348 g/mol. The number of aromatic nitrogens is 3. The molecule has 26 heavy (non-hydrogen) atoms. The monoisotopic (exact) mass is 348 g/mol. The highest BCUT2D eigenvalue weighted by Crippen LogP contribution is 2.36. The summed E-state index contributed by atoms with van der Waals surface area (Å²) in [5.41, 5.74) is 1.76. The van der Waals surface area contributed by atoms with Gasteiger partial charge in [-0.2, -0.15) is 0 Å². The molecule has 1 fully saturated rings. The molecular formula is C20H20N4O2. The third-order valence-electron chi connectivity index (χ3n) is 5.03. The highest BCUT2D eigenvalue weighted by molar-refractivity contribution is 5.93. The molecule has 3 aromatic rings. The zero-order chi connectivity index (χ0) is 18.0. The predicted octanol–water partition coefficient (Wildman–Crippen LogP) is 2.59. The van der Waals surface area contributed by atoms with Gasteiger partial charge in [0.25, 0.3) is 5.91 Å². The Kier molecular flexibility index (Phi) is 4.34. The number of hydrogen-bond acceptors (Lipinski definition) is 5. The van der Waals surface area contributed by atoms with Crippen LogP contribution in [0.3, 0.4) is 0 Å². The highest BCUT2D eigenvalue weighted by Gasteiger charge is 2.35. The van der Waals surface area contributed by atoms with Gasteiger partial charge in [-0.25, -0.2) is 4.98 Å². The summed E-state index contributed by atoms with van der Waals surface area (Å²) >= 11 is 0. The standard InChI is InChI=1S/C20H20N4O2/c25-19(18-13-22-16-5-1-2-6-17(16)24-18)23-15-7-9-20(26,10-8-15)14-4-3-11-21-12-14/h1-6,11-13,15,26H,7-10H2,(H,23,25). The van der Waals surface area contributed by atoms with E-state index in [1.165, 1.54) is 6.20 Å². The lowest BCUT2D eigenvalue weighted by Gasteiger charge is -2.36. The van der Waals surface area contributed by atoms with Crippen LogP contribution in [0.15, 0.2) is 55.0 Å². The molecule has 132 valence electrons. The number of fused-ring (bicyclic) bond motifs is 1. The summed E-state index contributed by atoms with van der Waals surface area (Å²) in [4.78, 5) is 25.3. The molecule has 6 nitrogen and oxygen atoms in total. The van der Waals surface area contributed by atoms with E-state index >= 15 is 0 Å². The molecular weight excluding hydrogens is 328 g/mol. The van der Waals surface area contributed by atoms with Crippen molar-refractivity contribution in [3.8, 4) is 0 Å². The number of nitrogens with one attached hydrogen (secondary N) is 1. The molecule has 2 heterocycles. The van der Waals surface area contributed by atoms with Crippen molar-refractivity contribution in [1.29, 1.82) is 0 Å². The average Bonchev–Trinajstić information content (AvgIpc) is 2.70. The lowest BCUT2D eigenvalue weighted by molar-refractivity contribution is -0.00833. The van der Waals surface area contributed by atoms with Crippen molar-refractivity contribution in [2.45, 2.75) is 37.3 Å². The molecule has 2 aromatic heterocycles. The second-order valence-corrected chi connectivity index (χ2v) is 6.76. The lowest BCUT2D eigenvalue weighted by atomic mass is 9.78. The number of amides is 1. The van der Waals surface area contributed by atoms with Gasteiger partial charge in [0.2, 0.25) is 0 Å². The summed E-state index contributed by atoms with van der Waals surface area (Å²) in [6.07, 6.45) is 7.51. The third kappa shape index (κ3) is 3.28. The summed E-state index contributed by atoms with van der Waals surface area (Å²) in [6, 6.07) is 11.2. The Balaban J connectivity index is 1.41. The second kappa shape index (κ2) is 6.80. The molecule has 0 saturated heterocycles. The molecule has 0 bridgehead atoms. The highest BCUT2D eigenvalue weighted by atomic mass is 16.3. The van der Waals surface area contributed by atoms with Crippen LogP contribution in [0, 0.1) is 0 Å². The van der Waals surface area contributed by atoms with E-state index in [2.05, 4.69) is 20.3 Å². The van der Waals surface area contributed by atoms with Crippen LogP contribution >= 0.6 is 0 Å². The van der Waals surface area contributed by atoms with Crippen LogP contribution in [0.5, 0.6) is 0 Å². The molecule has 1 saturated carbocycles. The minimum Gasteiger partial charge on any atom is -0.385 e. The molecule has 0 unspecified atom stereocenters. The smallest absolute Gasteiger partial charge is 0.271 e. The molecule has 1 aliphatic rings. The summed E-state index contributed by atoms with van der Waals surface area (Å²) in [5.74, 6) is -0.222. The lowest BCUT2D eigenvalue weighted by Crippen LogP contribution is -2.42. The van der Waals surface area contributed by atoms with Crippen LogP contribution < -0.4 is 5.32 Å². The Bertz CT molecular complexity index is 921. The van der Waals surface area contributed by atoms with Gasteiger partial charge in [0.05, 0.1) is 22.8 Å². The van der Waals surface area contributed by atoms with Crippen molar-refractivity contribution in [3.63, 3.8) is 0 Å². The SMILES string of the molecule is O=C(NC1CCC(O)(c2cccnc2)CC1)c1cnc2ccccc2n1. The molecule has 1 aromatic carbocycles. The number of nitrogens with zero attached hydrogens (tertiary/aromatic N) is 3. The summed E-state index contributed by atoms with van der Waals surface area (Å²) in [6.45, 7) is 0. The van der Waals surface area contributed by atoms with Crippen molar-refractivity contribution < 1.29 is 9.90 Å². The van der Waals surface area contributed by atoms with Gasteiger partial charge in [-0.3, -0.25) is 14.8 Å². The minimum absolute atomic E-state index is 0.0210. The van der Waals surface area contributed by atoms with Crippen LogP contribution in [-0.4, -0.2) is 32.0 Å². The first kappa shape index (κ1) is 16.6. The molecule has 1 aliphatic carbocycles. The maximum absolute atomic E-state index is 12.5. The first-order chi connectivity index (χ1) is 12.6. The Hall–Kier alpha value is -2.86. The molecule has 0 spiro atoms. The van der Waals surface area contributed by atoms with Gasteiger partial charge in [0.1, 0.15) is 5.69 Å². The van der Waals surface area contributed by atoms with E-state index in [0.29, 0.717) is 36.9 Å². The molecule has 2 N–H and O–H groups in total. The van der Waals surface area contributed by atoms with E-state index in [-0.39, 0.29) is 11.9 Å². The van der Waals surface area contributed by atoms with Gasteiger partial charge < -0.3 is 10.4 Å². The van der Waals surface area contributed by atoms with Gasteiger partial charge in [0, 0.05) is 24.0 Å². The molecule has 1 amide bonds. The predicted molar refractivity (Wildman–Crippen MR) is 97.4 cm³/mol. The zero-order valence-electron chi connectivity index (χ0n) is 14.3. The number of pyridine rings is 1. The Morgan fingerprint density at radius 3 is 2.58 bits per heavy atom. The number of para-hydroxylation sites is 2. The van der Waals surface area contributed by atoms with Gasteiger partial charge >= 0.3 is 0 Å². The van der Waals surface area contributed by atoms with Gasteiger partial charge in [0.15, 0.2) is 0 Å². The minimum atomic E-state index is -0.863. The van der Waals surface area contributed by atoms with E-state index in [0.717, 1.165) is 11.1 Å². The number of rotatable bonds is 3. The number of carbonyl (C=O) groups excluding carboxylic acids is 1. The maximum atomic E-state index is 12.5. The largest absolute Gasteiger partial charge is 0.385 e. The van der Waals surface area contributed by atoms with Crippen LogP contribution in [0.1, 0.15) is 41.7 Å². The van der Waals surface area contributed by atoms with E-state index in [4.69, 9.17) is 0 Å². The molecule has 0 aliphatic heterocycles. The van der Waals surface area contributed by atoms with E-state index in [1.807, 2.05) is 36.4 Å². The first-order valence-electron chi connectivity index (χ1n) is 8.80. The summed E-state index contributed by atoms with van der Waals surface area (Å²) < 4.78 is 0. The van der Waals surface area contributed by atoms with Crippen molar-refractivity contribution in [2.75, 3.05) is 0 Å². The van der Waals surface area contributed by atoms with Crippen LogP contribution in [0.4, 0.5) is 0 Å². The first-order valence-corrected chi connectivity index (χ1v) is 8.80. The fourth-order valence-corrected chi connectivity index (χ4v) is 3.49. The Morgan fingerprint density at radius 1 is 1.08 bits per heavy atom. The Labute approximate surface area is 151 Å². The quantitative estimate of drug-likeness (QED) is 0.759. The fraction of sp³-hybridized carbons (Fsp3) is 0.300. The molecule has 0 radical (unpaired) electrons. The van der Waals surface area contributed by atoms with Crippen LogP contribution in [0.25, 0.3) is 11.0 Å². The molecule has 4 rings (SSSR count). The number of carbonyl (C=O) groups is 1. The van der Waals surface area contributed by atoms with Crippen molar-refractivity contribution in [2.24, 2.45) is 0 Å². The van der Waals surface area contributed by atoms with Gasteiger partial charge in [-0.05, 0) is 43.9 Å². The van der Waals surface area contributed by atoms with E-state index in [1.54, 1.807) is 12.4 Å². The van der Waals surface area contributed by atoms with Crippen LogP contribution in [-0.2, 0) is 5.60 Å². The van der Waals surface area contributed by atoms with Gasteiger partial charge in [-0.15, -0.1) is 0 Å². The number of benzene rings is 1. The normalized spacial score (nSPS) is 22.9. The maximum Gasteiger partial charge on any atom is 0.271 e. The third-order valence-corrected chi connectivity index (χ3v) is 5.03. The van der Waals surface area contributed by atoms with Crippen molar-refractivity contribution >= 4 is 16.9 Å². The zero-order valence-corrected chi connectivity index (χ0v) is 14.3. The summed E-state index contributed by atoms with van der Waals surface area (Å²) in [5, 5.41) is 13.9. The van der Waals surface area contributed by atoms with Crippen molar-refractivity contribution in [1.82, 2.24) is 20.3 Å². The van der Waals surface area contributed by atoms with Crippen LogP contribution in [0.2, 0.25) is 0 Å². The topological polar surface area (TPSA) is 88.0 Å². The second-order valence-electron chi connectivity index (χ2n) is 6.76. The summed E-state index contributed by atoms with van der Waals surface area (Å²) in [7, 11) is 0. The number of hydrogen-bond donors (Lipinski definition) is 2. The van der Waals surface area contributed by atoms with Crippen molar-refractivity contribution in [3.05, 3.63) is 66.2 Å². The van der Waals surface area contributed by atoms with Gasteiger partial charge in [-0.1, -0.05) is 18.2 Å². The van der Waals surface area contributed by atoms with E-state index < -0.39 is 5.60 Å². The number of aliphatic hydroxyl groups is 1. The molecule has 0 atom stereocenters. The van der Waals surface area contributed by atoms with E-state index in [9.17, 15) is 9.90 Å². The fourth-order valence-electron chi connectivity index (χ4n) is 3.49.